The van der Waals surface area contributed by atoms with Gasteiger partial charge in [-0.15, -0.1) is 0 Å². The van der Waals surface area contributed by atoms with Gasteiger partial charge in [0.25, 0.3) is 0 Å². The molecule has 0 atom stereocenters. The van der Waals surface area contributed by atoms with E-state index in [4.69, 9.17) is 4.42 Å². The van der Waals surface area contributed by atoms with Gasteiger partial charge in [0.1, 0.15) is 5.76 Å². The summed E-state index contributed by atoms with van der Waals surface area (Å²) in [6.45, 7) is 7.89. The van der Waals surface area contributed by atoms with Crippen molar-refractivity contribution in [2.75, 3.05) is 7.05 Å². The topological polar surface area (TPSA) is 43.0 Å². The number of hydrogen-bond acceptors (Lipinski definition) is 3. The standard InChI is InChI=1S/C13H19N3O/c1-5-16-10(3)13(9(2)15-16)11-6-7-17-12(11)8-14-4/h6-7,14H,5,8H2,1-4H3. The van der Waals surface area contributed by atoms with E-state index in [0.717, 1.165) is 30.1 Å². The maximum atomic E-state index is 5.51. The molecule has 0 saturated heterocycles. The molecule has 0 radical (unpaired) electrons. The van der Waals surface area contributed by atoms with Gasteiger partial charge >= 0.3 is 0 Å². The zero-order chi connectivity index (χ0) is 12.4. The third-order valence-electron chi connectivity index (χ3n) is 3.03. The SMILES string of the molecule is CCn1nc(C)c(-c2ccoc2CNC)c1C. The predicted octanol–water partition coefficient (Wildman–Crippen LogP) is 2.50. The highest BCUT2D eigenvalue weighted by Gasteiger charge is 2.17. The Balaban J connectivity index is 2.52. The smallest absolute Gasteiger partial charge is 0.125 e. The molecule has 0 aliphatic heterocycles. The molecule has 2 aromatic heterocycles. The van der Waals surface area contributed by atoms with Gasteiger partial charge in [-0.3, -0.25) is 4.68 Å². The summed E-state index contributed by atoms with van der Waals surface area (Å²) in [6, 6.07) is 2.02. The van der Waals surface area contributed by atoms with Gasteiger partial charge in [0, 0.05) is 23.4 Å². The minimum atomic E-state index is 0.735. The van der Waals surface area contributed by atoms with E-state index in [1.165, 1.54) is 11.3 Å². The van der Waals surface area contributed by atoms with E-state index in [0.29, 0.717) is 0 Å². The quantitative estimate of drug-likeness (QED) is 0.882. The predicted molar refractivity (Wildman–Crippen MR) is 67.8 cm³/mol. The van der Waals surface area contributed by atoms with Crippen molar-refractivity contribution in [1.29, 1.82) is 0 Å². The van der Waals surface area contributed by atoms with Crippen LogP contribution in [0.5, 0.6) is 0 Å². The Labute approximate surface area is 102 Å². The Morgan fingerprint density at radius 1 is 1.41 bits per heavy atom. The van der Waals surface area contributed by atoms with Crippen LogP contribution in [-0.2, 0) is 13.1 Å². The molecule has 4 heteroatoms. The molecule has 0 spiro atoms. The fourth-order valence-corrected chi connectivity index (χ4v) is 2.26. The highest BCUT2D eigenvalue weighted by atomic mass is 16.3. The van der Waals surface area contributed by atoms with E-state index in [1.807, 2.05) is 24.7 Å². The van der Waals surface area contributed by atoms with Crippen molar-refractivity contribution in [3.8, 4) is 11.1 Å². The number of aryl methyl sites for hydroxylation is 2. The third-order valence-corrected chi connectivity index (χ3v) is 3.03. The Morgan fingerprint density at radius 3 is 2.76 bits per heavy atom. The minimum absolute atomic E-state index is 0.735. The molecule has 0 saturated carbocycles. The summed E-state index contributed by atoms with van der Waals surface area (Å²) in [4.78, 5) is 0. The third kappa shape index (κ3) is 2.00. The van der Waals surface area contributed by atoms with Crippen LogP contribution in [0.25, 0.3) is 11.1 Å². The van der Waals surface area contributed by atoms with Gasteiger partial charge in [0.15, 0.2) is 0 Å². The van der Waals surface area contributed by atoms with E-state index < -0.39 is 0 Å². The lowest BCUT2D eigenvalue weighted by Gasteiger charge is -2.03. The van der Waals surface area contributed by atoms with Gasteiger partial charge in [-0.2, -0.15) is 5.10 Å². The molecule has 92 valence electrons. The van der Waals surface area contributed by atoms with Crippen LogP contribution in [-0.4, -0.2) is 16.8 Å². The molecule has 0 bridgehead atoms. The Bertz CT molecular complexity index is 511. The summed E-state index contributed by atoms with van der Waals surface area (Å²) >= 11 is 0. The second-order valence-electron chi connectivity index (χ2n) is 4.15. The van der Waals surface area contributed by atoms with Crippen LogP contribution < -0.4 is 5.32 Å². The average Bonchev–Trinajstić information content (AvgIpc) is 2.84. The highest BCUT2D eigenvalue weighted by molar-refractivity contribution is 5.70. The maximum Gasteiger partial charge on any atom is 0.125 e. The molecule has 0 aromatic carbocycles. The average molecular weight is 233 g/mol. The first-order valence-electron chi connectivity index (χ1n) is 5.94. The van der Waals surface area contributed by atoms with E-state index in [2.05, 4.69) is 24.3 Å². The van der Waals surface area contributed by atoms with Crippen LogP contribution in [0, 0.1) is 13.8 Å². The molecule has 4 nitrogen and oxygen atoms in total. The van der Waals surface area contributed by atoms with E-state index in [1.54, 1.807) is 6.26 Å². The molecule has 0 fully saturated rings. The molecule has 0 unspecified atom stereocenters. The lowest BCUT2D eigenvalue weighted by molar-refractivity contribution is 0.496. The lowest BCUT2D eigenvalue weighted by atomic mass is 10.0. The van der Waals surface area contributed by atoms with E-state index >= 15 is 0 Å². The fraction of sp³-hybridized carbons (Fsp3) is 0.462. The van der Waals surface area contributed by atoms with Crippen LogP contribution in [0.4, 0.5) is 0 Å². The number of hydrogen-bond donors (Lipinski definition) is 1. The Morgan fingerprint density at radius 2 is 2.18 bits per heavy atom. The zero-order valence-corrected chi connectivity index (χ0v) is 10.9. The van der Waals surface area contributed by atoms with Crippen LogP contribution >= 0.6 is 0 Å². The first-order chi connectivity index (χ1) is 8.19. The Hall–Kier alpha value is -1.55. The molecule has 2 rings (SSSR count). The summed E-state index contributed by atoms with van der Waals surface area (Å²) in [6.07, 6.45) is 1.74. The molecular weight excluding hydrogens is 214 g/mol. The highest BCUT2D eigenvalue weighted by Crippen LogP contribution is 2.30. The summed E-state index contributed by atoms with van der Waals surface area (Å²) < 4.78 is 7.54. The number of furan rings is 1. The van der Waals surface area contributed by atoms with Gasteiger partial charge in [-0.1, -0.05) is 0 Å². The Kier molecular flexibility index (Phi) is 3.33. The van der Waals surface area contributed by atoms with Gasteiger partial charge in [-0.05, 0) is 33.9 Å². The second kappa shape index (κ2) is 4.75. The zero-order valence-electron chi connectivity index (χ0n) is 10.9. The molecule has 2 heterocycles. The lowest BCUT2D eigenvalue weighted by Crippen LogP contribution is -2.05. The maximum absolute atomic E-state index is 5.51. The van der Waals surface area contributed by atoms with Gasteiger partial charge in [0.2, 0.25) is 0 Å². The molecule has 1 N–H and O–H groups in total. The van der Waals surface area contributed by atoms with Crippen molar-refractivity contribution < 1.29 is 4.42 Å². The van der Waals surface area contributed by atoms with Crippen molar-refractivity contribution in [1.82, 2.24) is 15.1 Å². The van der Waals surface area contributed by atoms with Gasteiger partial charge < -0.3 is 9.73 Å². The van der Waals surface area contributed by atoms with Crippen molar-refractivity contribution in [2.45, 2.75) is 33.9 Å². The van der Waals surface area contributed by atoms with Crippen LogP contribution in [0.2, 0.25) is 0 Å². The van der Waals surface area contributed by atoms with Crippen molar-refractivity contribution in [2.24, 2.45) is 0 Å². The first kappa shape index (κ1) is 11.9. The van der Waals surface area contributed by atoms with Crippen molar-refractivity contribution in [3.05, 3.63) is 29.5 Å². The summed E-state index contributed by atoms with van der Waals surface area (Å²) in [5.41, 5.74) is 4.60. The minimum Gasteiger partial charge on any atom is -0.467 e. The summed E-state index contributed by atoms with van der Waals surface area (Å²) in [5, 5.41) is 7.66. The van der Waals surface area contributed by atoms with Crippen molar-refractivity contribution >= 4 is 0 Å². The van der Waals surface area contributed by atoms with Gasteiger partial charge in [-0.25, -0.2) is 0 Å². The second-order valence-corrected chi connectivity index (χ2v) is 4.15. The monoisotopic (exact) mass is 233 g/mol. The molecule has 0 amide bonds. The van der Waals surface area contributed by atoms with Crippen LogP contribution in [0.1, 0.15) is 24.1 Å². The van der Waals surface area contributed by atoms with E-state index in [9.17, 15) is 0 Å². The first-order valence-corrected chi connectivity index (χ1v) is 5.94. The number of nitrogens with one attached hydrogen (secondary N) is 1. The fourth-order valence-electron chi connectivity index (χ4n) is 2.26. The molecule has 2 aromatic rings. The molecule has 0 aliphatic carbocycles. The summed E-state index contributed by atoms with van der Waals surface area (Å²) in [5.74, 6) is 0.967. The van der Waals surface area contributed by atoms with E-state index in [-0.39, 0.29) is 0 Å². The van der Waals surface area contributed by atoms with Crippen molar-refractivity contribution in [3.63, 3.8) is 0 Å². The normalized spacial score (nSPS) is 11.1. The van der Waals surface area contributed by atoms with Gasteiger partial charge in [0.05, 0.1) is 18.5 Å². The van der Waals surface area contributed by atoms with Crippen LogP contribution in [0.3, 0.4) is 0 Å². The largest absolute Gasteiger partial charge is 0.467 e. The molecular formula is C13H19N3O. The summed E-state index contributed by atoms with van der Waals surface area (Å²) in [7, 11) is 1.92. The molecule has 17 heavy (non-hydrogen) atoms. The molecule has 0 aliphatic rings. The number of nitrogens with zero attached hydrogens (tertiary/aromatic N) is 2. The number of rotatable bonds is 4. The number of aromatic nitrogens is 2. The van der Waals surface area contributed by atoms with Crippen LogP contribution in [0.15, 0.2) is 16.7 Å².